The van der Waals surface area contributed by atoms with Gasteiger partial charge in [0, 0.05) is 5.56 Å². The van der Waals surface area contributed by atoms with Crippen molar-refractivity contribution in [3.8, 4) is 17.6 Å². The molecule has 5 heteroatoms. The summed E-state index contributed by atoms with van der Waals surface area (Å²) in [5, 5.41) is 11.6. The molecule has 1 heterocycles. The quantitative estimate of drug-likeness (QED) is 0.910. The molecule has 0 fully saturated rings. The third-order valence-corrected chi connectivity index (χ3v) is 4.12. The Morgan fingerprint density at radius 1 is 1.24 bits per heavy atom. The Kier molecular flexibility index (Phi) is 5.53. The van der Waals surface area contributed by atoms with Gasteiger partial charge in [-0.05, 0) is 36.6 Å². The van der Waals surface area contributed by atoms with E-state index in [-0.39, 0.29) is 18.6 Å². The van der Waals surface area contributed by atoms with Crippen LogP contribution in [0.1, 0.15) is 30.0 Å². The molecule has 25 heavy (non-hydrogen) atoms. The topological polar surface area (TPSA) is 71.3 Å². The summed E-state index contributed by atoms with van der Waals surface area (Å²) in [6, 6.07) is 17.0. The van der Waals surface area contributed by atoms with Crippen molar-refractivity contribution in [1.29, 1.82) is 5.26 Å². The first kappa shape index (κ1) is 16.8. The number of benzene rings is 2. The monoisotopic (exact) mass is 336 g/mol. The molecule has 1 atom stereocenters. The minimum Gasteiger partial charge on any atom is -0.493 e. The number of hydrogen-bond donors (Lipinski definition) is 1. The van der Waals surface area contributed by atoms with Gasteiger partial charge in [-0.15, -0.1) is 0 Å². The molecule has 5 nitrogen and oxygen atoms in total. The molecule has 2 aromatic rings. The summed E-state index contributed by atoms with van der Waals surface area (Å²) < 4.78 is 10.9. The largest absolute Gasteiger partial charge is 0.493 e. The van der Waals surface area contributed by atoms with E-state index in [0.717, 1.165) is 29.7 Å². The normalized spacial score (nSPS) is 15.9. The van der Waals surface area contributed by atoms with Gasteiger partial charge >= 0.3 is 0 Å². The second-order valence-electron chi connectivity index (χ2n) is 5.92. The van der Waals surface area contributed by atoms with Crippen molar-refractivity contribution < 1.29 is 14.3 Å². The van der Waals surface area contributed by atoms with Gasteiger partial charge in [0.15, 0.2) is 6.61 Å². The number of nitrogens with one attached hydrogen (secondary N) is 1. The van der Waals surface area contributed by atoms with E-state index in [1.807, 2.05) is 42.5 Å². The Labute approximate surface area is 147 Å². The molecule has 128 valence electrons. The van der Waals surface area contributed by atoms with Crippen molar-refractivity contribution in [2.75, 3.05) is 13.2 Å². The van der Waals surface area contributed by atoms with Crippen LogP contribution in [-0.2, 0) is 11.2 Å². The zero-order valence-corrected chi connectivity index (χ0v) is 13.9. The summed E-state index contributed by atoms with van der Waals surface area (Å²) in [5.41, 5.74) is 1.94. The lowest BCUT2D eigenvalue weighted by Crippen LogP contribution is -2.29. The van der Waals surface area contributed by atoms with E-state index < -0.39 is 0 Å². The molecule has 0 radical (unpaired) electrons. The molecule has 0 saturated carbocycles. The van der Waals surface area contributed by atoms with Crippen LogP contribution in [0, 0.1) is 11.3 Å². The molecule has 0 spiro atoms. The molecular formula is C20H20N2O3. The van der Waals surface area contributed by atoms with Crippen LogP contribution in [0.15, 0.2) is 48.5 Å². The number of carbonyl (C=O) groups excluding carboxylic acids is 1. The first-order chi connectivity index (χ1) is 12.3. The van der Waals surface area contributed by atoms with Crippen LogP contribution in [0.4, 0.5) is 0 Å². The zero-order valence-electron chi connectivity index (χ0n) is 13.9. The van der Waals surface area contributed by atoms with Gasteiger partial charge in [-0.25, -0.2) is 0 Å². The van der Waals surface area contributed by atoms with Gasteiger partial charge in [0.2, 0.25) is 5.91 Å². The number of amides is 1. The molecule has 0 aromatic heterocycles. The Morgan fingerprint density at radius 2 is 2.04 bits per heavy atom. The standard InChI is InChI=1S/C20H20N2O3/c21-11-13-24-16-9-7-15(8-10-16)14-20(23)22-18-5-3-12-25-19-6-2-1-4-17(18)19/h1-2,4,6-10,18H,3,5,12-14H2,(H,22,23)/t18-/m1/s1. The summed E-state index contributed by atoms with van der Waals surface area (Å²) in [7, 11) is 0. The van der Waals surface area contributed by atoms with Crippen LogP contribution in [0.5, 0.6) is 11.5 Å². The second-order valence-corrected chi connectivity index (χ2v) is 5.92. The van der Waals surface area contributed by atoms with Crippen LogP contribution in [-0.4, -0.2) is 19.1 Å². The van der Waals surface area contributed by atoms with E-state index in [2.05, 4.69) is 5.32 Å². The smallest absolute Gasteiger partial charge is 0.224 e. The molecule has 3 rings (SSSR count). The van der Waals surface area contributed by atoms with Gasteiger partial charge in [0.1, 0.15) is 17.6 Å². The summed E-state index contributed by atoms with van der Waals surface area (Å²) in [6.07, 6.45) is 2.08. The lowest BCUT2D eigenvalue weighted by Gasteiger charge is -2.18. The van der Waals surface area contributed by atoms with E-state index in [9.17, 15) is 4.79 Å². The number of nitrogens with zero attached hydrogens (tertiary/aromatic N) is 1. The highest BCUT2D eigenvalue weighted by molar-refractivity contribution is 5.79. The van der Waals surface area contributed by atoms with E-state index >= 15 is 0 Å². The molecule has 1 aliphatic rings. The van der Waals surface area contributed by atoms with Gasteiger partial charge in [0.25, 0.3) is 0 Å². The van der Waals surface area contributed by atoms with Crippen LogP contribution in [0.3, 0.4) is 0 Å². The third-order valence-electron chi connectivity index (χ3n) is 4.12. The maximum absolute atomic E-state index is 12.4. The number of nitriles is 1. The number of rotatable bonds is 5. The van der Waals surface area contributed by atoms with E-state index in [1.54, 1.807) is 12.1 Å². The molecule has 0 aliphatic carbocycles. The highest BCUT2D eigenvalue weighted by Crippen LogP contribution is 2.31. The predicted octanol–water partition coefficient (Wildman–Crippen LogP) is 3.16. The number of ether oxygens (including phenoxy) is 2. The van der Waals surface area contributed by atoms with Gasteiger partial charge in [-0.2, -0.15) is 5.26 Å². The van der Waals surface area contributed by atoms with Crippen LogP contribution in [0.25, 0.3) is 0 Å². The predicted molar refractivity (Wildman–Crippen MR) is 93.3 cm³/mol. The number of para-hydroxylation sites is 1. The molecule has 1 aliphatic heterocycles. The van der Waals surface area contributed by atoms with Crippen molar-refractivity contribution in [3.05, 3.63) is 59.7 Å². The molecule has 0 unspecified atom stereocenters. The van der Waals surface area contributed by atoms with Crippen molar-refractivity contribution >= 4 is 5.91 Å². The maximum atomic E-state index is 12.4. The minimum atomic E-state index is -0.0237. The number of hydrogen-bond acceptors (Lipinski definition) is 4. The fraction of sp³-hybridized carbons (Fsp3) is 0.300. The number of fused-ring (bicyclic) bond motifs is 1. The van der Waals surface area contributed by atoms with E-state index in [1.165, 1.54) is 0 Å². The Bertz CT molecular complexity index is 765. The van der Waals surface area contributed by atoms with Gasteiger partial charge in [-0.1, -0.05) is 30.3 Å². The summed E-state index contributed by atoms with van der Waals surface area (Å²) in [4.78, 5) is 12.4. The summed E-state index contributed by atoms with van der Waals surface area (Å²) in [5.74, 6) is 1.46. The summed E-state index contributed by atoms with van der Waals surface area (Å²) >= 11 is 0. The average molecular weight is 336 g/mol. The molecule has 0 bridgehead atoms. The van der Waals surface area contributed by atoms with E-state index in [0.29, 0.717) is 18.8 Å². The van der Waals surface area contributed by atoms with Crippen LogP contribution in [0.2, 0.25) is 0 Å². The van der Waals surface area contributed by atoms with Gasteiger partial charge in [0.05, 0.1) is 19.1 Å². The lowest BCUT2D eigenvalue weighted by molar-refractivity contribution is -0.121. The van der Waals surface area contributed by atoms with Crippen molar-refractivity contribution in [2.45, 2.75) is 25.3 Å². The Hall–Kier alpha value is -3.00. The summed E-state index contributed by atoms with van der Waals surface area (Å²) in [6.45, 7) is 0.691. The SMILES string of the molecule is N#CCOc1ccc(CC(=O)N[C@@H]2CCCOc3ccccc32)cc1. The minimum absolute atomic E-state index is 0.0169. The second kappa shape index (κ2) is 8.20. The van der Waals surface area contributed by atoms with Crippen molar-refractivity contribution in [1.82, 2.24) is 5.32 Å². The fourth-order valence-corrected chi connectivity index (χ4v) is 2.92. The first-order valence-electron chi connectivity index (χ1n) is 8.36. The first-order valence-corrected chi connectivity index (χ1v) is 8.36. The maximum Gasteiger partial charge on any atom is 0.224 e. The third kappa shape index (κ3) is 4.51. The molecule has 1 N–H and O–H groups in total. The average Bonchev–Trinajstić information content (AvgIpc) is 2.84. The molecular weight excluding hydrogens is 316 g/mol. The van der Waals surface area contributed by atoms with Crippen LogP contribution < -0.4 is 14.8 Å². The zero-order chi connectivity index (χ0) is 17.5. The van der Waals surface area contributed by atoms with E-state index in [4.69, 9.17) is 14.7 Å². The molecule has 1 amide bonds. The highest BCUT2D eigenvalue weighted by atomic mass is 16.5. The molecule has 0 saturated heterocycles. The van der Waals surface area contributed by atoms with Crippen LogP contribution >= 0.6 is 0 Å². The highest BCUT2D eigenvalue weighted by Gasteiger charge is 2.21. The number of carbonyl (C=O) groups is 1. The van der Waals surface area contributed by atoms with Crippen molar-refractivity contribution in [2.24, 2.45) is 0 Å². The fourth-order valence-electron chi connectivity index (χ4n) is 2.92. The Balaban J connectivity index is 1.62. The lowest BCUT2D eigenvalue weighted by atomic mass is 10.0. The van der Waals surface area contributed by atoms with Gasteiger partial charge in [-0.3, -0.25) is 4.79 Å². The van der Waals surface area contributed by atoms with Gasteiger partial charge < -0.3 is 14.8 Å². The van der Waals surface area contributed by atoms with Crippen molar-refractivity contribution in [3.63, 3.8) is 0 Å². The Morgan fingerprint density at radius 3 is 2.84 bits per heavy atom. The molecule has 2 aromatic carbocycles.